The molecule has 3 nitrogen and oxygen atoms in total. The minimum Gasteiger partial charge on any atom is -0.380 e. The van der Waals surface area contributed by atoms with Gasteiger partial charge < -0.3 is 5.11 Å². The van der Waals surface area contributed by atoms with Crippen molar-refractivity contribution in [3.05, 3.63) is 40.3 Å². The zero-order valence-corrected chi connectivity index (χ0v) is 10.4. The van der Waals surface area contributed by atoms with Crippen LogP contribution < -0.4 is 0 Å². The van der Waals surface area contributed by atoms with E-state index in [2.05, 4.69) is 12.0 Å². The molecule has 1 N–H and O–H groups in total. The summed E-state index contributed by atoms with van der Waals surface area (Å²) >= 11 is 1.56. The third-order valence-electron chi connectivity index (χ3n) is 2.65. The van der Waals surface area contributed by atoms with E-state index in [0.717, 1.165) is 23.4 Å². The molecule has 0 aliphatic carbocycles. The van der Waals surface area contributed by atoms with E-state index in [9.17, 15) is 5.11 Å². The van der Waals surface area contributed by atoms with Crippen molar-refractivity contribution in [3.63, 3.8) is 0 Å². The van der Waals surface area contributed by atoms with Gasteiger partial charge in [0.25, 0.3) is 0 Å². The summed E-state index contributed by atoms with van der Waals surface area (Å²) in [7, 11) is 0. The molecule has 0 saturated carbocycles. The molecule has 0 spiro atoms. The maximum Gasteiger partial charge on any atom is 0.124 e. The summed E-state index contributed by atoms with van der Waals surface area (Å²) in [6.07, 6.45) is 4.71. The first-order valence-electron chi connectivity index (χ1n) is 5.44. The normalized spacial score (nSPS) is 14.9. The van der Waals surface area contributed by atoms with E-state index in [-0.39, 0.29) is 0 Å². The number of nitrogens with zero attached hydrogens (tertiary/aromatic N) is 2. The van der Waals surface area contributed by atoms with Crippen molar-refractivity contribution in [3.8, 4) is 0 Å². The van der Waals surface area contributed by atoms with E-state index >= 15 is 0 Å². The monoisotopic (exact) mass is 236 g/mol. The number of aromatic nitrogens is 2. The predicted molar refractivity (Wildman–Crippen MR) is 65.5 cm³/mol. The highest BCUT2D eigenvalue weighted by molar-refractivity contribution is 7.10. The molecule has 2 aromatic heterocycles. The minimum atomic E-state index is -0.930. The largest absolute Gasteiger partial charge is 0.380 e. The Balaban J connectivity index is 2.28. The smallest absolute Gasteiger partial charge is 0.124 e. The van der Waals surface area contributed by atoms with Crippen LogP contribution in [0.2, 0.25) is 0 Å². The minimum absolute atomic E-state index is 0.850. The van der Waals surface area contributed by atoms with Gasteiger partial charge in [-0.25, -0.2) is 0 Å². The molecule has 0 aromatic carbocycles. The van der Waals surface area contributed by atoms with E-state index in [0.29, 0.717) is 0 Å². The van der Waals surface area contributed by atoms with Crippen molar-refractivity contribution in [1.29, 1.82) is 0 Å². The molecule has 2 aromatic rings. The van der Waals surface area contributed by atoms with Crippen LogP contribution in [0.4, 0.5) is 0 Å². The Kier molecular flexibility index (Phi) is 3.12. The van der Waals surface area contributed by atoms with Gasteiger partial charge in [-0.3, -0.25) is 4.68 Å². The van der Waals surface area contributed by atoms with Crippen molar-refractivity contribution in [2.45, 2.75) is 32.4 Å². The second-order valence-corrected chi connectivity index (χ2v) is 4.99. The summed E-state index contributed by atoms with van der Waals surface area (Å²) in [5, 5.41) is 16.7. The summed E-state index contributed by atoms with van der Waals surface area (Å²) < 4.78 is 1.87. The lowest BCUT2D eigenvalue weighted by Crippen LogP contribution is -2.20. The SMILES string of the molecule is CCCn1cc(C(C)(O)c2cccs2)cn1. The van der Waals surface area contributed by atoms with E-state index in [4.69, 9.17) is 0 Å². The molecule has 0 fully saturated rings. The van der Waals surface area contributed by atoms with Crippen LogP contribution in [0.3, 0.4) is 0 Å². The lowest BCUT2D eigenvalue weighted by atomic mass is 9.98. The van der Waals surface area contributed by atoms with Crippen LogP contribution in [0.15, 0.2) is 29.9 Å². The van der Waals surface area contributed by atoms with Gasteiger partial charge in [0.1, 0.15) is 5.60 Å². The fourth-order valence-electron chi connectivity index (χ4n) is 1.66. The van der Waals surface area contributed by atoms with E-state index < -0.39 is 5.60 Å². The predicted octanol–water partition coefficient (Wildman–Crippen LogP) is 2.61. The number of hydrogen-bond donors (Lipinski definition) is 1. The fraction of sp³-hybridized carbons (Fsp3) is 0.417. The first-order chi connectivity index (χ1) is 7.64. The Morgan fingerprint density at radius 1 is 1.56 bits per heavy atom. The van der Waals surface area contributed by atoms with Gasteiger partial charge in [-0.05, 0) is 24.8 Å². The van der Waals surface area contributed by atoms with Gasteiger partial charge in [0.05, 0.1) is 6.20 Å². The molecule has 1 unspecified atom stereocenters. The molecule has 0 amide bonds. The van der Waals surface area contributed by atoms with Crippen LogP contribution >= 0.6 is 11.3 Å². The average molecular weight is 236 g/mol. The molecular weight excluding hydrogens is 220 g/mol. The Labute approximate surface area is 99.4 Å². The van der Waals surface area contributed by atoms with Gasteiger partial charge in [-0.15, -0.1) is 11.3 Å². The van der Waals surface area contributed by atoms with Crippen LogP contribution in [0.5, 0.6) is 0 Å². The number of aliphatic hydroxyl groups is 1. The molecular formula is C12H16N2OS. The van der Waals surface area contributed by atoms with Gasteiger partial charge in [0.2, 0.25) is 0 Å². The summed E-state index contributed by atoms with van der Waals surface area (Å²) in [6, 6.07) is 3.90. The Bertz CT molecular complexity index is 445. The topological polar surface area (TPSA) is 38.0 Å². The van der Waals surface area contributed by atoms with Crippen molar-refractivity contribution in [2.24, 2.45) is 0 Å². The van der Waals surface area contributed by atoms with Gasteiger partial charge in [0.15, 0.2) is 0 Å². The lowest BCUT2D eigenvalue weighted by Gasteiger charge is -2.19. The molecule has 0 aliphatic rings. The standard InChI is InChI=1S/C12H16N2OS/c1-3-6-14-9-10(8-13-14)12(2,15)11-5-4-7-16-11/h4-5,7-9,15H,3,6H2,1-2H3. The van der Waals surface area contributed by atoms with Crippen molar-refractivity contribution < 1.29 is 5.11 Å². The third-order valence-corrected chi connectivity index (χ3v) is 3.73. The molecule has 1 atom stereocenters. The zero-order chi connectivity index (χ0) is 11.6. The third kappa shape index (κ3) is 2.03. The summed E-state index contributed by atoms with van der Waals surface area (Å²) in [5.41, 5.74) is -0.0800. The van der Waals surface area contributed by atoms with Crippen molar-refractivity contribution in [1.82, 2.24) is 9.78 Å². The second-order valence-electron chi connectivity index (χ2n) is 4.04. The maximum atomic E-state index is 10.5. The molecule has 0 saturated heterocycles. The number of aryl methyl sites for hydroxylation is 1. The molecule has 0 radical (unpaired) electrons. The molecule has 0 bridgehead atoms. The second kappa shape index (κ2) is 4.39. The summed E-state index contributed by atoms with van der Waals surface area (Å²) in [6.45, 7) is 4.81. The van der Waals surface area contributed by atoms with Crippen LogP contribution in [0.1, 0.15) is 30.7 Å². The molecule has 0 aliphatic heterocycles. The van der Waals surface area contributed by atoms with Crippen LogP contribution in [-0.4, -0.2) is 14.9 Å². The van der Waals surface area contributed by atoms with Crippen LogP contribution in [-0.2, 0) is 12.1 Å². The van der Waals surface area contributed by atoms with Crippen LogP contribution in [0.25, 0.3) is 0 Å². The van der Waals surface area contributed by atoms with E-state index in [1.807, 2.05) is 35.3 Å². The summed E-state index contributed by atoms with van der Waals surface area (Å²) in [4.78, 5) is 0.948. The average Bonchev–Trinajstić information content (AvgIpc) is 2.88. The number of thiophene rings is 1. The Morgan fingerprint density at radius 2 is 2.38 bits per heavy atom. The van der Waals surface area contributed by atoms with Crippen molar-refractivity contribution >= 4 is 11.3 Å². The maximum absolute atomic E-state index is 10.5. The van der Waals surface area contributed by atoms with Crippen LogP contribution in [0, 0.1) is 0 Å². The first kappa shape index (κ1) is 11.4. The quantitative estimate of drug-likeness (QED) is 0.886. The highest BCUT2D eigenvalue weighted by atomic mass is 32.1. The Morgan fingerprint density at radius 3 is 3.00 bits per heavy atom. The number of hydrogen-bond acceptors (Lipinski definition) is 3. The van der Waals surface area contributed by atoms with Gasteiger partial charge in [-0.2, -0.15) is 5.10 Å². The molecule has 4 heteroatoms. The molecule has 86 valence electrons. The van der Waals surface area contributed by atoms with Gasteiger partial charge in [-0.1, -0.05) is 13.0 Å². The highest BCUT2D eigenvalue weighted by Crippen LogP contribution is 2.31. The van der Waals surface area contributed by atoms with Gasteiger partial charge in [0, 0.05) is 23.2 Å². The zero-order valence-electron chi connectivity index (χ0n) is 9.55. The highest BCUT2D eigenvalue weighted by Gasteiger charge is 2.28. The van der Waals surface area contributed by atoms with E-state index in [1.165, 1.54) is 0 Å². The number of rotatable bonds is 4. The molecule has 2 rings (SSSR count). The van der Waals surface area contributed by atoms with Crippen molar-refractivity contribution in [2.75, 3.05) is 0 Å². The van der Waals surface area contributed by atoms with E-state index in [1.54, 1.807) is 17.5 Å². The first-order valence-corrected chi connectivity index (χ1v) is 6.32. The Hall–Kier alpha value is -1.13. The van der Waals surface area contributed by atoms with Gasteiger partial charge >= 0.3 is 0 Å². The summed E-state index contributed by atoms with van der Waals surface area (Å²) in [5.74, 6) is 0. The molecule has 2 heterocycles. The molecule has 16 heavy (non-hydrogen) atoms. The fourth-order valence-corrected chi connectivity index (χ4v) is 2.47. The lowest BCUT2D eigenvalue weighted by molar-refractivity contribution is 0.106.